The molecule has 1 amide bonds. The second-order valence-corrected chi connectivity index (χ2v) is 5.79. The predicted octanol–water partition coefficient (Wildman–Crippen LogP) is 3.70. The SMILES string of the molecule is Cn1cc(CC(=O)Nc2ccnc(OCC(F)(F)F)c2)c2ccccc21. The molecule has 1 aromatic carbocycles. The van der Waals surface area contributed by atoms with Crippen LogP contribution in [-0.4, -0.2) is 28.2 Å². The number of rotatable bonds is 5. The van der Waals surface area contributed by atoms with Gasteiger partial charge >= 0.3 is 6.18 Å². The number of carbonyl (C=O) groups is 1. The highest BCUT2D eigenvalue weighted by Gasteiger charge is 2.28. The van der Waals surface area contributed by atoms with Gasteiger partial charge in [-0.1, -0.05) is 18.2 Å². The van der Waals surface area contributed by atoms with Gasteiger partial charge in [-0.2, -0.15) is 13.2 Å². The number of aromatic nitrogens is 2. The predicted molar refractivity (Wildman–Crippen MR) is 91.0 cm³/mol. The van der Waals surface area contributed by atoms with Crippen LogP contribution in [0, 0.1) is 0 Å². The molecule has 0 saturated heterocycles. The second-order valence-electron chi connectivity index (χ2n) is 5.79. The molecule has 0 radical (unpaired) electrons. The van der Waals surface area contributed by atoms with E-state index in [2.05, 4.69) is 15.0 Å². The standard InChI is InChI=1S/C18H16F3N3O2/c1-24-10-12(14-4-2-3-5-15(14)24)8-16(25)23-13-6-7-22-17(9-13)26-11-18(19,20)21/h2-7,9-10H,8,11H2,1H3,(H,22,23,25). The molecule has 0 aliphatic carbocycles. The fourth-order valence-electron chi connectivity index (χ4n) is 2.67. The van der Waals surface area contributed by atoms with E-state index < -0.39 is 12.8 Å². The largest absolute Gasteiger partial charge is 0.468 e. The highest BCUT2D eigenvalue weighted by molar-refractivity contribution is 5.96. The van der Waals surface area contributed by atoms with Crippen molar-refractivity contribution in [1.82, 2.24) is 9.55 Å². The van der Waals surface area contributed by atoms with Gasteiger partial charge in [0, 0.05) is 42.1 Å². The Kier molecular flexibility index (Phi) is 4.83. The monoisotopic (exact) mass is 363 g/mol. The maximum Gasteiger partial charge on any atom is 0.422 e. The van der Waals surface area contributed by atoms with E-state index in [-0.39, 0.29) is 18.2 Å². The number of carbonyl (C=O) groups excluding carboxylic acids is 1. The lowest BCUT2D eigenvalue weighted by molar-refractivity contribution is -0.154. The minimum absolute atomic E-state index is 0.141. The topological polar surface area (TPSA) is 56.2 Å². The number of nitrogens with one attached hydrogen (secondary N) is 1. The molecular formula is C18H16F3N3O2. The van der Waals surface area contributed by atoms with Gasteiger partial charge in [0.05, 0.1) is 6.42 Å². The van der Waals surface area contributed by atoms with E-state index in [1.807, 2.05) is 42.1 Å². The molecule has 0 atom stereocenters. The highest BCUT2D eigenvalue weighted by Crippen LogP contribution is 2.22. The first kappa shape index (κ1) is 17.8. The van der Waals surface area contributed by atoms with E-state index in [0.29, 0.717) is 5.69 Å². The molecule has 0 aliphatic rings. The molecule has 136 valence electrons. The molecule has 3 rings (SSSR count). The zero-order chi connectivity index (χ0) is 18.7. The van der Waals surface area contributed by atoms with Gasteiger partial charge < -0.3 is 14.6 Å². The van der Waals surface area contributed by atoms with Crippen molar-refractivity contribution in [1.29, 1.82) is 0 Å². The van der Waals surface area contributed by atoms with E-state index in [0.717, 1.165) is 16.5 Å². The van der Waals surface area contributed by atoms with E-state index >= 15 is 0 Å². The van der Waals surface area contributed by atoms with Crippen LogP contribution < -0.4 is 10.1 Å². The molecule has 2 heterocycles. The Hall–Kier alpha value is -3.03. The molecule has 0 unspecified atom stereocenters. The van der Waals surface area contributed by atoms with Crippen LogP contribution in [0.4, 0.5) is 18.9 Å². The molecule has 5 nitrogen and oxygen atoms in total. The smallest absolute Gasteiger partial charge is 0.422 e. The summed E-state index contributed by atoms with van der Waals surface area (Å²) in [7, 11) is 1.90. The minimum Gasteiger partial charge on any atom is -0.468 e. The summed E-state index contributed by atoms with van der Waals surface area (Å²) >= 11 is 0. The Morgan fingerprint density at radius 2 is 2.04 bits per heavy atom. The van der Waals surface area contributed by atoms with Crippen LogP contribution in [0.25, 0.3) is 10.9 Å². The minimum atomic E-state index is -4.45. The normalized spacial score (nSPS) is 11.5. The molecule has 26 heavy (non-hydrogen) atoms. The lowest BCUT2D eigenvalue weighted by atomic mass is 10.1. The fraction of sp³-hybridized carbons (Fsp3) is 0.222. The van der Waals surface area contributed by atoms with Crippen LogP contribution in [-0.2, 0) is 18.3 Å². The zero-order valence-electron chi connectivity index (χ0n) is 13.9. The molecule has 8 heteroatoms. The van der Waals surface area contributed by atoms with Gasteiger partial charge in [-0.15, -0.1) is 0 Å². The van der Waals surface area contributed by atoms with Crippen molar-refractivity contribution in [2.75, 3.05) is 11.9 Å². The highest BCUT2D eigenvalue weighted by atomic mass is 19.4. The van der Waals surface area contributed by atoms with Gasteiger partial charge in [0.2, 0.25) is 11.8 Å². The van der Waals surface area contributed by atoms with E-state index in [4.69, 9.17) is 0 Å². The number of benzene rings is 1. The van der Waals surface area contributed by atoms with Crippen LogP contribution in [0.15, 0.2) is 48.8 Å². The van der Waals surface area contributed by atoms with E-state index in [1.54, 1.807) is 0 Å². The molecule has 0 aliphatic heterocycles. The van der Waals surface area contributed by atoms with Gasteiger partial charge in [-0.25, -0.2) is 4.98 Å². The van der Waals surface area contributed by atoms with Crippen LogP contribution >= 0.6 is 0 Å². The number of fused-ring (bicyclic) bond motifs is 1. The number of alkyl halides is 3. The molecule has 1 N–H and O–H groups in total. The number of ether oxygens (including phenoxy) is 1. The summed E-state index contributed by atoms with van der Waals surface area (Å²) in [6.45, 7) is -1.44. The van der Waals surface area contributed by atoms with Gasteiger partial charge in [-0.3, -0.25) is 4.79 Å². The first-order valence-electron chi connectivity index (χ1n) is 7.80. The molecule has 3 aromatic rings. The lowest BCUT2D eigenvalue weighted by Crippen LogP contribution is -2.20. The summed E-state index contributed by atoms with van der Waals surface area (Å²) in [4.78, 5) is 16.0. The van der Waals surface area contributed by atoms with Crippen molar-refractivity contribution in [2.24, 2.45) is 7.05 Å². The summed E-state index contributed by atoms with van der Waals surface area (Å²) in [5, 5.41) is 3.63. The summed E-state index contributed by atoms with van der Waals surface area (Å²) in [6.07, 6.45) is -1.15. The van der Waals surface area contributed by atoms with Crippen LogP contribution in [0.5, 0.6) is 5.88 Å². The third kappa shape index (κ3) is 4.33. The number of hydrogen-bond acceptors (Lipinski definition) is 3. The van der Waals surface area contributed by atoms with Gasteiger partial charge in [0.1, 0.15) is 0 Å². The molecule has 0 spiro atoms. The number of anilines is 1. The molecule has 2 aromatic heterocycles. The quantitative estimate of drug-likeness (QED) is 0.752. The number of para-hydroxylation sites is 1. The van der Waals surface area contributed by atoms with Crippen molar-refractivity contribution in [3.63, 3.8) is 0 Å². The van der Waals surface area contributed by atoms with Gasteiger partial charge in [0.15, 0.2) is 6.61 Å². The van der Waals surface area contributed by atoms with Crippen LogP contribution in [0.2, 0.25) is 0 Å². The van der Waals surface area contributed by atoms with Crippen molar-refractivity contribution in [2.45, 2.75) is 12.6 Å². The maximum atomic E-state index is 12.3. The number of pyridine rings is 1. The summed E-state index contributed by atoms with van der Waals surface area (Å²) in [6, 6.07) is 10.5. The van der Waals surface area contributed by atoms with Gasteiger partial charge in [0.25, 0.3) is 0 Å². The van der Waals surface area contributed by atoms with Gasteiger partial charge in [-0.05, 0) is 17.7 Å². The number of amides is 1. The average molecular weight is 363 g/mol. The maximum absolute atomic E-state index is 12.3. The molecule has 0 saturated carbocycles. The number of halogens is 3. The molecule has 0 bridgehead atoms. The average Bonchev–Trinajstić information content (AvgIpc) is 2.89. The summed E-state index contributed by atoms with van der Waals surface area (Å²) in [5.41, 5.74) is 2.20. The molecular weight excluding hydrogens is 347 g/mol. The number of nitrogens with zero attached hydrogens (tertiary/aromatic N) is 2. The fourth-order valence-corrected chi connectivity index (χ4v) is 2.67. The third-order valence-corrected chi connectivity index (χ3v) is 3.73. The Morgan fingerprint density at radius 1 is 1.27 bits per heavy atom. The third-order valence-electron chi connectivity index (χ3n) is 3.73. The zero-order valence-corrected chi connectivity index (χ0v) is 13.9. The van der Waals surface area contributed by atoms with E-state index in [9.17, 15) is 18.0 Å². The Balaban J connectivity index is 1.68. The van der Waals surface area contributed by atoms with Crippen molar-refractivity contribution in [3.8, 4) is 5.88 Å². The first-order chi connectivity index (χ1) is 12.3. The first-order valence-corrected chi connectivity index (χ1v) is 7.80. The van der Waals surface area contributed by atoms with Crippen molar-refractivity contribution >= 4 is 22.5 Å². The Labute approximate surface area is 147 Å². The number of hydrogen-bond donors (Lipinski definition) is 1. The lowest BCUT2D eigenvalue weighted by Gasteiger charge is -2.10. The summed E-state index contributed by atoms with van der Waals surface area (Å²) in [5.74, 6) is -0.486. The van der Waals surface area contributed by atoms with Crippen LogP contribution in [0.1, 0.15) is 5.56 Å². The number of aryl methyl sites for hydroxylation is 1. The van der Waals surface area contributed by atoms with Crippen molar-refractivity contribution < 1.29 is 22.7 Å². The Bertz CT molecular complexity index is 935. The summed E-state index contributed by atoms with van der Waals surface area (Å²) < 4.78 is 43.1. The Morgan fingerprint density at radius 3 is 2.81 bits per heavy atom. The van der Waals surface area contributed by atoms with Crippen molar-refractivity contribution in [3.05, 3.63) is 54.4 Å². The van der Waals surface area contributed by atoms with E-state index in [1.165, 1.54) is 18.3 Å². The molecule has 0 fully saturated rings. The second kappa shape index (κ2) is 7.07. The van der Waals surface area contributed by atoms with Crippen LogP contribution in [0.3, 0.4) is 0 Å².